The first kappa shape index (κ1) is 22.8. The molecule has 0 aliphatic rings. The highest BCUT2D eigenvalue weighted by molar-refractivity contribution is 9.10. The number of carbonyl (C=O) groups excluding carboxylic acids is 2. The molecule has 0 aliphatic heterocycles. The predicted octanol–water partition coefficient (Wildman–Crippen LogP) is 4.42. The zero-order valence-corrected chi connectivity index (χ0v) is 18.5. The molecule has 2 aromatic rings. The molecule has 1 unspecified atom stereocenters. The normalized spacial score (nSPS) is 11.8. The highest BCUT2D eigenvalue weighted by Gasteiger charge is 2.28. The molecule has 0 saturated carbocycles. The number of hydrogen-bond acceptors (Lipinski definition) is 4. The SMILES string of the molecule is CC(C)C(NC(=O)c1ccc([N+](=O)[O-])cc1Cl)C(=O)N(C)Cc1ccc(Br)cc1. The Morgan fingerprint density at radius 2 is 1.83 bits per heavy atom. The van der Waals surface area contributed by atoms with Crippen molar-refractivity contribution in [3.63, 3.8) is 0 Å². The maximum Gasteiger partial charge on any atom is 0.270 e. The van der Waals surface area contributed by atoms with Crippen LogP contribution in [-0.2, 0) is 11.3 Å². The quantitative estimate of drug-likeness (QED) is 0.467. The number of carbonyl (C=O) groups is 2. The van der Waals surface area contributed by atoms with E-state index in [2.05, 4.69) is 21.2 Å². The average Bonchev–Trinajstić information content (AvgIpc) is 2.66. The summed E-state index contributed by atoms with van der Waals surface area (Å²) in [6.45, 7) is 4.05. The fourth-order valence-electron chi connectivity index (χ4n) is 2.71. The third-order valence-corrected chi connectivity index (χ3v) is 5.18. The van der Waals surface area contributed by atoms with Gasteiger partial charge in [0.05, 0.1) is 15.5 Å². The zero-order chi connectivity index (χ0) is 21.7. The number of likely N-dealkylation sites (N-methyl/N-ethyl adjacent to an activating group) is 1. The first-order chi connectivity index (χ1) is 13.6. The van der Waals surface area contributed by atoms with Crippen LogP contribution in [0.1, 0.15) is 29.8 Å². The second-order valence-electron chi connectivity index (χ2n) is 6.94. The average molecular weight is 483 g/mol. The van der Waals surface area contributed by atoms with E-state index in [1.165, 1.54) is 12.1 Å². The summed E-state index contributed by atoms with van der Waals surface area (Å²) < 4.78 is 0.947. The van der Waals surface area contributed by atoms with E-state index < -0.39 is 16.9 Å². The molecule has 1 atom stereocenters. The number of nitrogens with zero attached hydrogens (tertiary/aromatic N) is 2. The third kappa shape index (κ3) is 6.01. The molecule has 0 aliphatic carbocycles. The highest BCUT2D eigenvalue weighted by atomic mass is 79.9. The van der Waals surface area contributed by atoms with Gasteiger partial charge >= 0.3 is 0 Å². The van der Waals surface area contributed by atoms with Gasteiger partial charge in [0, 0.05) is 30.2 Å². The molecule has 0 heterocycles. The number of nitro groups is 1. The molecular weight excluding hydrogens is 462 g/mol. The van der Waals surface area contributed by atoms with Crippen LogP contribution in [0, 0.1) is 16.0 Å². The minimum atomic E-state index is -0.769. The van der Waals surface area contributed by atoms with Crippen molar-refractivity contribution in [3.05, 3.63) is 73.2 Å². The van der Waals surface area contributed by atoms with Gasteiger partial charge in [-0.3, -0.25) is 19.7 Å². The van der Waals surface area contributed by atoms with E-state index in [0.29, 0.717) is 6.54 Å². The van der Waals surface area contributed by atoms with Crippen LogP contribution < -0.4 is 5.32 Å². The van der Waals surface area contributed by atoms with Crippen molar-refractivity contribution in [3.8, 4) is 0 Å². The van der Waals surface area contributed by atoms with Gasteiger partial charge in [0.15, 0.2) is 0 Å². The van der Waals surface area contributed by atoms with Crippen LogP contribution >= 0.6 is 27.5 Å². The summed E-state index contributed by atoms with van der Waals surface area (Å²) in [6.07, 6.45) is 0. The summed E-state index contributed by atoms with van der Waals surface area (Å²) in [7, 11) is 1.67. The smallest absolute Gasteiger partial charge is 0.270 e. The van der Waals surface area contributed by atoms with Gasteiger partial charge in [-0.1, -0.05) is 53.5 Å². The predicted molar refractivity (Wildman–Crippen MR) is 115 cm³/mol. The lowest BCUT2D eigenvalue weighted by Gasteiger charge is -2.27. The minimum Gasteiger partial charge on any atom is -0.340 e. The molecule has 154 valence electrons. The van der Waals surface area contributed by atoms with E-state index in [1.54, 1.807) is 11.9 Å². The van der Waals surface area contributed by atoms with Crippen molar-refractivity contribution < 1.29 is 14.5 Å². The van der Waals surface area contributed by atoms with Crippen molar-refractivity contribution in [2.45, 2.75) is 26.4 Å². The number of nitro benzene ring substituents is 1. The fourth-order valence-corrected chi connectivity index (χ4v) is 3.24. The van der Waals surface area contributed by atoms with Gasteiger partial charge < -0.3 is 10.2 Å². The first-order valence-electron chi connectivity index (χ1n) is 8.84. The lowest BCUT2D eigenvalue weighted by Crippen LogP contribution is -2.50. The number of non-ortho nitro benzene ring substituents is 1. The molecule has 0 bridgehead atoms. The van der Waals surface area contributed by atoms with E-state index in [9.17, 15) is 19.7 Å². The van der Waals surface area contributed by atoms with Crippen molar-refractivity contribution in [1.29, 1.82) is 0 Å². The molecule has 0 fully saturated rings. The summed E-state index contributed by atoms with van der Waals surface area (Å²) >= 11 is 9.40. The topological polar surface area (TPSA) is 92.5 Å². The number of rotatable bonds is 7. The molecule has 1 N–H and O–H groups in total. The van der Waals surface area contributed by atoms with Crippen LogP contribution in [0.5, 0.6) is 0 Å². The van der Waals surface area contributed by atoms with Crippen LogP contribution in [0.15, 0.2) is 46.9 Å². The summed E-state index contributed by atoms with van der Waals surface area (Å²) in [5.41, 5.74) is 0.819. The van der Waals surface area contributed by atoms with E-state index in [0.717, 1.165) is 16.1 Å². The van der Waals surface area contributed by atoms with Gasteiger partial charge in [0.25, 0.3) is 11.6 Å². The second kappa shape index (κ2) is 9.84. The number of nitrogens with one attached hydrogen (secondary N) is 1. The van der Waals surface area contributed by atoms with Crippen LogP contribution in [0.4, 0.5) is 5.69 Å². The second-order valence-corrected chi connectivity index (χ2v) is 8.26. The Hall–Kier alpha value is -2.45. The van der Waals surface area contributed by atoms with Crippen molar-refractivity contribution in [1.82, 2.24) is 10.2 Å². The third-order valence-electron chi connectivity index (χ3n) is 4.34. The zero-order valence-electron chi connectivity index (χ0n) is 16.2. The van der Waals surface area contributed by atoms with Gasteiger partial charge in [-0.05, 0) is 29.7 Å². The molecular formula is C20H21BrClN3O4. The van der Waals surface area contributed by atoms with Crippen molar-refractivity contribution in [2.24, 2.45) is 5.92 Å². The molecule has 2 aromatic carbocycles. The molecule has 9 heteroatoms. The van der Waals surface area contributed by atoms with E-state index in [1.807, 2.05) is 38.1 Å². The monoisotopic (exact) mass is 481 g/mol. The molecule has 7 nitrogen and oxygen atoms in total. The summed E-state index contributed by atoms with van der Waals surface area (Å²) in [6, 6.07) is 10.4. The molecule has 0 spiro atoms. The number of hydrogen-bond donors (Lipinski definition) is 1. The van der Waals surface area contributed by atoms with Gasteiger partial charge in [0.2, 0.25) is 5.91 Å². The van der Waals surface area contributed by atoms with Crippen LogP contribution in [0.2, 0.25) is 5.02 Å². The standard InChI is InChI=1S/C20H21BrClN3O4/c1-12(2)18(20(27)24(3)11-13-4-6-14(21)7-5-13)23-19(26)16-9-8-15(25(28)29)10-17(16)22/h4-10,12,18H,11H2,1-3H3,(H,23,26). The van der Waals surface area contributed by atoms with Crippen molar-refractivity contribution >= 4 is 45.0 Å². The summed E-state index contributed by atoms with van der Waals surface area (Å²) in [5, 5.41) is 13.5. The fraction of sp³-hybridized carbons (Fsp3) is 0.300. The van der Waals surface area contributed by atoms with E-state index >= 15 is 0 Å². The largest absolute Gasteiger partial charge is 0.340 e. The summed E-state index contributed by atoms with van der Waals surface area (Å²) in [4.78, 5) is 37.4. The lowest BCUT2D eigenvalue weighted by atomic mass is 10.0. The summed E-state index contributed by atoms with van der Waals surface area (Å²) in [5.74, 6) is -0.973. The molecule has 29 heavy (non-hydrogen) atoms. The van der Waals surface area contributed by atoms with Gasteiger partial charge in [-0.2, -0.15) is 0 Å². The van der Waals surface area contributed by atoms with E-state index in [4.69, 9.17) is 11.6 Å². The Morgan fingerprint density at radius 1 is 1.21 bits per heavy atom. The van der Waals surface area contributed by atoms with Gasteiger partial charge in [0.1, 0.15) is 6.04 Å². The Bertz CT molecular complexity index is 918. The minimum absolute atomic E-state index is 0.0464. The lowest BCUT2D eigenvalue weighted by molar-refractivity contribution is -0.384. The molecule has 2 amide bonds. The number of halogens is 2. The number of benzene rings is 2. The Balaban J connectivity index is 2.14. The Kier molecular flexibility index (Phi) is 7.75. The van der Waals surface area contributed by atoms with Crippen LogP contribution in [0.3, 0.4) is 0 Å². The first-order valence-corrected chi connectivity index (χ1v) is 10.0. The van der Waals surface area contributed by atoms with Crippen LogP contribution in [-0.4, -0.2) is 34.7 Å². The molecule has 2 rings (SSSR count). The molecule has 0 aromatic heterocycles. The van der Waals surface area contributed by atoms with Gasteiger partial charge in [-0.15, -0.1) is 0 Å². The highest BCUT2D eigenvalue weighted by Crippen LogP contribution is 2.23. The number of amides is 2. The Morgan fingerprint density at radius 3 is 2.34 bits per heavy atom. The Labute approximate surface area is 182 Å². The van der Waals surface area contributed by atoms with Crippen LogP contribution in [0.25, 0.3) is 0 Å². The van der Waals surface area contributed by atoms with Crippen molar-refractivity contribution in [2.75, 3.05) is 7.05 Å². The maximum atomic E-state index is 12.9. The molecule has 0 saturated heterocycles. The van der Waals surface area contributed by atoms with Gasteiger partial charge in [-0.25, -0.2) is 0 Å². The molecule has 0 radical (unpaired) electrons. The van der Waals surface area contributed by atoms with E-state index in [-0.39, 0.29) is 28.1 Å². The maximum absolute atomic E-state index is 12.9.